The normalized spacial score (nSPS) is 13.5. The summed E-state index contributed by atoms with van der Waals surface area (Å²) in [6.45, 7) is 2.63. The monoisotopic (exact) mass is 350 g/mol. The molecule has 0 unspecified atom stereocenters. The molecule has 0 fully saturated rings. The first kappa shape index (κ1) is 16.3. The Balaban J connectivity index is 1.51. The van der Waals surface area contributed by atoms with E-state index in [4.69, 9.17) is 4.42 Å². The summed E-state index contributed by atoms with van der Waals surface area (Å²) in [6.07, 6.45) is 0.608. The van der Waals surface area contributed by atoms with Gasteiger partial charge in [-0.2, -0.15) is 5.10 Å². The number of nitrogens with zero attached hydrogens (tertiary/aromatic N) is 4. The zero-order valence-electron chi connectivity index (χ0n) is 14.4. The van der Waals surface area contributed by atoms with Gasteiger partial charge in [0, 0.05) is 24.6 Å². The van der Waals surface area contributed by atoms with Crippen molar-refractivity contribution < 1.29 is 9.21 Å². The van der Waals surface area contributed by atoms with Gasteiger partial charge in [0.25, 0.3) is 5.56 Å². The molecule has 1 aromatic carbocycles. The van der Waals surface area contributed by atoms with Crippen molar-refractivity contribution in [1.29, 1.82) is 0 Å². The molecular formula is C19H18N4O3. The molecule has 0 N–H and O–H groups in total. The van der Waals surface area contributed by atoms with Crippen LogP contribution in [0.5, 0.6) is 0 Å². The highest BCUT2D eigenvalue weighted by molar-refractivity contribution is 5.76. The van der Waals surface area contributed by atoms with Crippen molar-refractivity contribution >= 4 is 5.91 Å². The minimum Gasteiger partial charge on any atom is -0.441 e. The molecule has 1 aliphatic heterocycles. The van der Waals surface area contributed by atoms with Crippen LogP contribution in [-0.4, -0.2) is 32.1 Å². The van der Waals surface area contributed by atoms with Gasteiger partial charge < -0.3 is 9.32 Å². The van der Waals surface area contributed by atoms with E-state index in [9.17, 15) is 9.59 Å². The minimum atomic E-state index is -0.283. The number of oxazole rings is 1. The summed E-state index contributed by atoms with van der Waals surface area (Å²) in [5.41, 5.74) is 2.10. The summed E-state index contributed by atoms with van der Waals surface area (Å²) < 4.78 is 7.06. The Hall–Kier alpha value is -3.22. The van der Waals surface area contributed by atoms with Crippen LogP contribution in [0.3, 0.4) is 0 Å². The summed E-state index contributed by atoms with van der Waals surface area (Å²) >= 11 is 0. The van der Waals surface area contributed by atoms with Gasteiger partial charge in [-0.3, -0.25) is 9.59 Å². The SMILES string of the molecule is Cc1ccc(=O)n(CC(=O)N2CCc3oc(-c4ccccc4)nc3C2)n1. The Labute approximate surface area is 149 Å². The number of carbonyl (C=O) groups is 1. The summed E-state index contributed by atoms with van der Waals surface area (Å²) in [6, 6.07) is 12.7. The Kier molecular flexibility index (Phi) is 4.12. The third-order valence-corrected chi connectivity index (χ3v) is 4.39. The fourth-order valence-corrected chi connectivity index (χ4v) is 3.01. The number of carbonyl (C=O) groups excluding carboxylic acids is 1. The number of aryl methyl sites for hydroxylation is 1. The topological polar surface area (TPSA) is 81.2 Å². The van der Waals surface area contributed by atoms with Crippen molar-refractivity contribution in [3.05, 3.63) is 70.0 Å². The van der Waals surface area contributed by atoms with Crippen molar-refractivity contribution in [2.24, 2.45) is 0 Å². The van der Waals surface area contributed by atoms with E-state index < -0.39 is 0 Å². The molecule has 0 saturated carbocycles. The van der Waals surface area contributed by atoms with Crippen LogP contribution in [0.25, 0.3) is 11.5 Å². The first-order valence-electron chi connectivity index (χ1n) is 8.47. The van der Waals surface area contributed by atoms with Gasteiger partial charge >= 0.3 is 0 Å². The van der Waals surface area contributed by atoms with Crippen LogP contribution < -0.4 is 5.56 Å². The van der Waals surface area contributed by atoms with Crippen molar-refractivity contribution in [1.82, 2.24) is 19.7 Å². The maximum atomic E-state index is 12.6. The second kappa shape index (κ2) is 6.59. The molecule has 7 nitrogen and oxygen atoms in total. The van der Waals surface area contributed by atoms with Crippen LogP contribution in [0.2, 0.25) is 0 Å². The smallest absolute Gasteiger partial charge is 0.267 e. The molecule has 0 aliphatic carbocycles. The van der Waals surface area contributed by atoms with Crippen molar-refractivity contribution in [3.8, 4) is 11.5 Å². The Morgan fingerprint density at radius 2 is 2.00 bits per heavy atom. The van der Waals surface area contributed by atoms with Crippen LogP contribution in [0.4, 0.5) is 0 Å². The molecule has 1 aliphatic rings. The second-order valence-electron chi connectivity index (χ2n) is 6.29. The molecule has 0 radical (unpaired) electrons. The molecule has 0 atom stereocenters. The predicted molar refractivity (Wildman–Crippen MR) is 94.3 cm³/mol. The van der Waals surface area contributed by atoms with Crippen molar-refractivity contribution in [2.75, 3.05) is 6.54 Å². The summed E-state index contributed by atoms with van der Waals surface area (Å²) in [5.74, 6) is 1.24. The zero-order chi connectivity index (χ0) is 18.1. The van der Waals surface area contributed by atoms with Gasteiger partial charge in [-0.15, -0.1) is 0 Å². The van der Waals surface area contributed by atoms with E-state index in [0.717, 1.165) is 17.0 Å². The fraction of sp³-hybridized carbons (Fsp3) is 0.263. The number of amides is 1. The molecule has 2 aromatic heterocycles. The van der Waals surface area contributed by atoms with Crippen LogP contribution in [0.1, 0.15) is 17.1 Å². The molecule has 3 heterocycles. The highest BCUT2D eigenvalue weighted by Gasteiger charge is 2.26. The van der Waals surface area contributed by atoms with E-state index in [1.165, 1.54) is 10.7 Å². The van der Waals surface area contributed by atoms with E-state index >= 15 is 0 Å². The summed E-state index contributed by atoms with van der Waals surface area (Å²) in [5, 5.41) is 4.12. The molecule has 0 bridgehead atoms. The Bertz CT molecular complexity index is 1010. The molecule has 3 aromatic rings. The number of hydrogen-bond acceptors (Lipinski definition) is 5. The second-order valence-corrected chi connectivity index (χ2v) is 6.29. The molecule has 26 heavy (non-hydrogen) atoms. The first-order valence-corrected chi connectivity index (χ1v) is 8.47. The van der Waals surface area contributed by atoms with Crippen molar-refractivity contribution in [2.45, 2.75) is 26.4 Å². The molecule has 1 amide bonds. The van der Waals surface area contributed by atoms with Gasteiger partial charge in [0.1, 0.15) is 18.0 Å². The highest BCUT2D eigenvalue weighted by atomic mass is 16.4. The first-order chi connectivity index (χ1) is 12.6. The van der Waals surface area contributed by atoms with E-state index in [1.54, 1.807) is 17.9 Å². The van der Waals surface area contributed by atoms with Crippen molar-refractivity contribution in [3.63, 3.8) is 0 Å². The molecule has 0 saturated heterocycles. The summed E-state index contributed by atoms with van der Waals surface area (Å²) in [7, 11) is 0. The third-order valence-electron chi connectivity index (χ3n) is 4.39. The Morgan fingerprint density at radius 3 is 2.81 bits per heavy atom. The molecule has 7 heteroatoms. The number of fused-ring (bicyclic) bond motifs is 1. The predicted octanol–water partition coefficient (Wildman–Crippen LogP) is 1.79. The number of hydrogen-bond donors (Lipinski definition) is 0. The van der Waals surface area contributed by atoms with Gasteiger partial charge in [0.15, 0.2) is 0 Å². The lowest BCUT2D eigenvalue weighted by Gasteiger charge is -2.25. The lowest BCUT2D eigenvalue weighted by atomic mass is 10.1. The van der Waals surface area contributed by atoms with E-state index in [1.807, 2.05) is 30.3 Å². The van der Waals surface area contributed by atoms with E-state index in [2.05, 4.69) is 10.1 Å². The summed E-state index contributed by atoms with van der Waals surface area (Å²) in [4.78, 5) is 30.7. The van der Waals surface area contributed by atoms with Gasteiger partial charge in [-0.25, -0.2) is 9.67 Å². The third kappa shape index (κ3) is 3.15. The standard InChI is InChI=1S/C19H18N4O3/c1-13-7-8-17(24)23(21-13)12-18(25)22-10-9-16-15(11-22)20-19(26-16)14-5-3-2-4-6-14/h2-8H,9-12H2,1H3. The average molecular weight is 350 g/mol. The zero-order valence-corrected chi connectivity index (χ0v) is 14.4. The van der Waals surface area contributed by atoms with E-state index in [0.29, 0.717) is 31.1 Å². The van der Waals surface area contributed by atoms with Crippen LogP contribution in [0, 0.1) is 6.92 Å². The van der Waals surface area contributed by atoms with Crippen LogP contribution in [0.15, 0.2) is 51.7 Å². The number of aromatic nitrogens is 3. The molecule has 4 rings (SSSR count). The number of rotatable bonds is 3. The van der Waals surface area contributed by atoms with Gasteiger partial charge in [-0.1, -0.05) is 18.2 Å². The van der Waals surface area contributed by atoms with E-state index in [-0.39, 0.29) is 18.0 Å². The quantitative estimate of drug-likeness (QED) is 0.719. The Morgan fingerprint density at radius 1 is 1.19 bits per heavy atom. The van der Waals surface area contributed by atoms with Gasteiger partial charge in [0.2, 0.25) is 11.8 Å². The lowest BCUT2D eigenvalue weighted by molar-refractivity contribution is -0.133. The molecule has 0 spiro atoms. The maximum Gasteiger partial charge on any atom is 0.267 e. The largest absolute Gasteiger partial charge is 0.441 e. The minimum absolute atomic E-state index is 0.0702. The lowest BCUT2D eigenvalue weighted by Crippen LogP contribution is -2.40. The molecular weight excluding hydrogens is 332 g/mol. The maximum absolute atomic E-state index is 12.6. The number of benzene rings is 1. The van der Waals surface area contributed by atoms with Crippen LogP contribution >= 0.6 is 0 Å². The molecule has 132 valence electrons. The van der Waals surface area contributed by atoms with Crippen LogP contribution in [-0.2, 0) is 24.3 Å². The van der Waals surface area contributed by atoms with Gasteiger partial charge in [0.05, 0.1) is 12.2 Å². The average Bonchev–Trinajstić information content (AvgIpc) is 3.08. The fourth-order valence-electron chi connectivity index (χ4n) is 3.01. The van der Waals surface area contributed by atoms with Gasteiger partial charge in [-0.05, 0) is 25.1 Å². The highest BCUT2D eigenvalue weighted by Crippen LogP contribution is 2.26.